The average molecular weight is 489 g/mol. The van der Waals surface area contributed by atoms with Crippen molar-refractivity contribution in [1.29, 1.82) is 0 Å². The molecule has 1 unspecified atom stereocenters. The van der Waals surface area contributed by atoms with E-state index in [-0.39, 0.29) is 18.3 Å². The summed E-state index contributed by atoms with van der Waals surface area (Å²) in [4.78, 5) is 0. The molecule has 190 valence electrons. The Hall–Kier alpha value is -2.30. The lowest BCUT2D eigenvalue weighted by Crippen LogP contribution is -2.16. The second-order valence-electron chi connectivity index (χ2n) is 10.1. The zero-order chi connectivity index (χ0) is 24.9. The van der Waals surface area contributed by atoms with Crippen LogP contribution in [-0.4, -0.2) is 6.61 Å². The molecule has 0 spiro atoms. The molecular formula is C30H36F4O. The molecule has 2 aromatic carbocycles. The van der Waals surface area contributed by atoms with Gasteiger partial charge in [-0.3, -0.25) is 0 Å². The third-order valence-corrected chi connectivity index (χ3v) is 8.09. The molecule has 0 aliphatic heterocycles. The van der Waals surface area contributed by atoms with Crippen LogP contribution in [0.4, 0.5) is 17.6 Å². The molecule has 4 rings (SSSR count). The van der Waals surface area contributed by atoms with E-state index in [9.17, 15) is 17.6 Å². The minimum atomic E-state index is -0.915. The fraction of sp³-hybridized carbons (Fsp3) is 0.533. The zero-order valence-corrected chi connectivity index (χ0v) is 20.8. The number of allylic oxidation sites excluding steroid dienone is 2. The predicted molar refractivity (Wildman–Crippen MR) is 133 cm³/mol. The van der Waals surface area contributed by atoms with Gasteiger partial charge in [-0.2, -0.15) is 4.39 Å². The SMILES string of the molecule is CCOc1ccc(C2CCC(CCc3ccc(C4=CCC(CC)CC4)c(F)c3F)CC2)c(F)c1F. The summed E-state index contributed by atoms with van der Waals surface area (Å²) in [5.41, 5.74) is 2.17. The van der Waals surface area contributed by atoms with E-state index in [1.165, 1.54) is 6.07 Å². The third kappa shape index (κ3) is 5.76. The van der Waals surface area contributed by atoms with Gasteiger partial charge in [0.05, 0.1) is 6.61 Å². The summed E-state index contributed by atoms with van der Waals surface area (Å²) in [6.45, 7) is 4.19. The molecule has 5 heteroatoms. The third-order valence-electron chi connectivity index (χ3n) is 8.09. The van der Waals surface area contributed by atoms with Gasteiger partial charge in [0.1, 0.15) is 0 Å². The molecule has 1 atom stereocenters. The van der Waals surface area contributed by atoms with E-state index in [0.717, 1.165) is 63.4 Å². The van der Waals surface area contributed by atoms with Crippen LogP contribution in [0.25, 0.3) is 5.57 Å². The highest BCUT2D eigenvalue weighted by Gasteiger charge is 2.27. The first-order valence-corrected chi connectivity index (χ1v) is 13.2. The molecule has 0 heterocycles. The molecule has 0 radical (unpaired) electrons. The van der Waals surface area contributed by atoms with Gasteiger partial charge in [-0.05, 0) is 105 Å². The minimum Gasteiger partial charge on any atom is -0.491 e. The Bertz CT molecular complexity index is 1050. The van der Waals surface area contributed by atoms with E-state index in [2.05, 4.69) is 13.0 Å². The van der Waals surface area contributed by atoms with Crippen molar-refractivity contribution in [2.24, 2.45) is 11.8 Å². The summed E-state index contributed by atoms with van der Waals surface area (Å²) in [5.74, 6) is -2.23. The zero-order valence-electron chi connectivity index (χ0n) is 20.8. The van der Waals surface area contributed by atoms with Crippen molar-refractivity contribution >= 4 is 5.57 Å². The number of hydrogen-bond acceptors (Lipinski definition) is 1. The van der Waals surface area contributed by atoms with Crippen LogP contribution in [0.2, 0.25) is 0 Å². The Balaban J connectivity index is 1.33. The van der Waals surface area contributed by atoms with Crippen LogP contribution in [0.1, 0.15) is 94.2 Å². The van der Waals surface area contributed by atoms with Gasteiger partial charge in [-0.25, -0.2) is 13.2 Å². The largest absolute Gasteiger partial charge is 0.491 e. The number of halogens is 4. The molecule has 2 aliphatic rings. The van der Waals surface area contributed by atoms with Crippen molar-refractivity contribution in [3.8, 4) is 5.75 Å². The number of hydrogen-bond donors (Lipinski definition) is 0. The molecule has 0 bridgehead atoms. The summed E-state index contributed by atoms with van der Waals surface area (Å²) in [6, 6.07) is 6.63. The highest BCUT2D eigenvalue weighted by molar-refractivity contribution is 5.67. The summed E-state index contributed by atoms with van der Waals surface area (Å²) >= 11 is 0. The van der Waals surface area contributed by atoms with Crippen LogP contribution >= 0.6 is 0 Å². The van der Waals surface area contributed by atoms with Gasteiger partial charge in [0.15, 0.2) is 23.2 Å². The number of rotatable bonds is 8. The fourth-order valence-corrected chi connectivity index (χ4v) is 5.79. The summed E-state index contributed by atoms with van der Waals surface area (Å²) in [7, 11) is 0. The maximum Gasteiger partial charge on any atom is 0.200 e. The molecular weight excluding hydrogens is 452 g/mol. The lowest BCUT2D eigenvalue weighted by molar-refractivity contribution is 0.296. The Morgan fingerprint density at radius 2 is 1.57 bits per heavy atom. The molecule has 1 fully saturated rings. The van der Waals surface area contributed by atoms with E-state index in [1.54, 1.807) is 25.1 Å². The summed E-state index contributed by atoms with van der Waals surface area (Å²) < 4.78 is 63.8. The van der Waals surface area contributed by atoms with Gasteiger partial charge in [-0.15, -0.1) is 0 Å². The molecule has 2 aromatic rings. The van der Waals surface area contributed by atoms with Gasteiger partial charge < -0.3 is 4.74 Å². The van der Waals surface area contributed by atoms with Gasteiger partial charge in [0.25, 0.3) is 0 Å². The topological polar surface area (TPSA) is 9.23 Å². The molecule has 0 aromatic heterocycles. The van der Waals surface area contributed by atoms with Crippen molar-refractivity contribution < 1.29 is 22.3 Å². The minimum absolute atomic E-state index is 0.0269. The molecule has 0 N–H and O–H groups in total. The second kappa shape index (κ2) is 11.6. The van der Waals surface area contributed by atoms with Crippen LogP contribution < -0.4 is 4.74 Å². The Kier molecular flexibility index (Phi) is 8.56. The van der Waals surface area contributed by atoms with Gasteiger partial charge in [0.2, 0.25) is 5.82 Å². The van der Waals surface area contributed by atoms with E-state index >= 15 is 0 Å². The standard InChI is InChI=1S/C30H36F4O/c1-3-19-5-10-21(11-6-19)24-16-15-23(27(31)28(24)32)14-9-20-7-12-22(13-8-20)25-17-18-26(35-4-2)30(34)29(25)33/h10,15-20,22H,3-9,11-14H2,1-2H3. The quantitative estimate of drug-likeness (QED) is 0.337. The molecule has 0 saturated heterocycles. The first kappa shape index (κ1) is 25.8. The first-order chi connectivity index (χ1) is 16.9. The normalized spacial score (nSPS) is 22.7. The van der Waals surface area contributed by atoms with Gasteiger partial charge >= 0.3 is 0 Å². The molecule has 2 aliphatic carbocycles. The van der Waals surface area contributed by atoms with Crippen LogP contribution in [0.5, 0.6) is 5.75 Å². The van der Waals surface area contributed by atoms with Crippen LogP contribution in [0, 0.1) is 35.1 Å². The van der Waals surface area contributed by atoms with Crippen molar-refractivity contribution in [1.82, 2.24) is 0 Å². The highest BCUT2D eigenvalue weighted by Crippen LogP contribution is 2.40. The lowest BCUT2D eigenvalue weighted by Gasteiger charge is -2.29. The molecule has 35 heavy (non-hydrogen) atoms. The van der Waals surface area contributed by atoms with Crippen molar-refractivity contribution in [2.45, 2.75) is 84.0 Å². The Morgan fingerprint density at radius 3 is 2.23 bits per heavy atom. The molecule has 1 saturated carbocycles. The number of benzene rings is 2. The maximum atomic E-state index is 14.9. The average Bonchev–Trinajstić information content (AvgIpc) is 2.88. The van der Waals surface area contributed by atoms with Crippen molar-refractivity contribution in [2.75, 3.05) is 6.61 Å². The van der Waals surface area contributed by atoms with E-state index in [1.807, 2.05) is 0 Å². The van der Waals surface area contributed by atoms with Crippen LogP contribution in [0.15, 0.2) is 30.3 Å². The monoisotopic (exact) mass is 488 g/mol. The van der Waals surface area contributed by atoms with Crippen LogP contribution in [-0.2, 0) is 6.42 Å². The Morgan fingerprint density at radius 1 is 0.800 bits per heavy atom. The second-order valence-corrected chi connectivity index (χ2v) is 10.1. The predicted octanol–water partition coefficient (Wildman–Crippen LogP) is 9.14. The van der Waals surface area contributed by atoms with Crippen LogP contribution in [0.3, 0.4) is 0 Å². The van der Waals surface area contributed by atoms with Crippen molar-refractivity contribution in [3.63, 3.8) is 0 Å². The van der Waals surface area contributed by atoms with Gasteiger partial charge in [0, 0.05) is 5.56 Å². The Labute approximate surface area is 206 Å². The number of aryl methyl sites for hydroxylation is 1. The van der Waals surface area contributed by atoms with E-state index in [4.69, 9.17) is 4.74 Å². The van der Waals surface area contributed by atoms with E-state index in [0.29, 0.717) is 34.9 Å². The molecule has 1 nitrogen and oxygen atoms in total. The fourth-order valence-electron chi connectivity index (χ4n) is 5.79. The summed E-state index contributed by atoms with van der Waals surface area (Å²) in [6.07, 6.45) is 10.5. The number of ether oxygens (including phenoxy) is 1. The lowest BCUT2D eigenvalue weighted by atomic mass is 9.76. The molecule has 0 amide bonds. The van der Waals surface area contributed by atoms with Crippen molar-refractivity contribution in [3.05, 3.63) is 70.3 Å². The highest BCUT2D eigenvalue weighted by atomic mass is 19.2. The maximum absolute atomic E-state index is 14.9. The van der Waals surface area contributed by atoms with Gasteiger partial charge in [-0.1, -0.05) is 37.6 Å². The smallest absolute Gasteiger partial charge is 0.200 e. The van der Waals surface area contributed by atoms with E-state index < -0.39 is 23.3 Å². The first-order valence-electron chi connectivity index (χ1n) is 13.2. The summed E-state index contributed by atoms with van der Waals surface area (Å²) in [5, 5.41) is 0.